The maximum Gasteiger partial charge on any atom is 0.236 e. The van der Waals surface area contributed by atoms with E-state index in [2.05, 4.69) is 20.1 Å². The van der Waals surface area contributed by atoms with Gasteiger partial charge in [0.25, 0.3) is 0 Å². The van der Waals surface area contributed by atoms with E-state index in [0.717, 1.165) is 31.6 Å². The highest BCUT2D eigenvalue weighted by atomic mass is 16.2. The van der Waals surface area contributed by atoms with Gasteiger partial charge in [-0.1, -0.05) is 0 Å². The third-order valence-electron chi connectivity index (χ3n) is 4.48. The lowest BCUT2D eigenvalue weighted by atomic mass is 9.98. The topological polar surface area (TPSA) is 72.1 Å². The molecule has 1 fully saturated rings. The molecule has 2 aromatic heterocycles. The van der Waals surface area contributed by atoms with E-state index in [1.807, 2.05) is 25.0 Å². The molecule has 0 unspecified atom stereocenters. The van der Waals surface area contributed by atoms with Gasteiger partial charge < -0.3 is 4.90 Å². The number of nitrogens with zero attached hydrogens (tertiary/aromatic N) is 7. The molecule has 1 aliphatic heterocycles. The smallest absolute Gasteiger partial charge is 0.236 e. The van der Waals surface area contributed by atoms with Crippen LogP contribution in [0.5, 0.6) is 0 Å². The zero-order valence-corrected chi connectivity index (χ0v) is 14.4. The zero-order valence-electron chi connectivity index (χ0n) is 14.4. The largest absolute Gasteiger partial charge is 0.340 e. The lowest BCUT2D eigenvalue weighted by molar-refractivity contribution is -0.132. The van der Waals surface area contributed by atoms with E-state index in [-0.39, 0.29) is 5.91 Å². The van der Waals surface area contributed by atoms with Crippen molar-refractivity contribution in [2.24, 2.45) is 13.0 Å². The van der Waals surface area contributed by atoms with Crippen LogP contribution in [0, 0.1) is 5.92 Å². The van der Waals surface area contributed by atoms with E-state index >= 15 is 0 Å². The highest BCUT2D eigenvalue weighted by molar-refractivity contribution is 5.78. The fourth-order valence-corrected chi connectivity index (χ4v) is 3.26. The summed E-state index contributed by atoms with van der Waals surface area (Å²) in [6.45, 7) is 3.87. The molecular weight excluding hydrogens is 306 g/mol. The summed E-state index contributed by atoms with van der Waals surface area (Å²) in [5, 5.41) is 8.32. The van der Waals surface area contributed by atoms with E-state index < -0.39 is 0 Å². The van der Waals surface area contributed by atoms with Crippen molar-refractivity contribution < 1.29 is 4.79 Å². The van der Waals surface area contributed by atoms with E-state index in [1.54, 1.807) is 28.4 Å². The molecule has 1 aliphatic rings. The van der Waals surface area contributed by atoms with Gasteiger partial charge in [-0.2, -0.15) is 10.2 Å². The molecular formula is C16H25N7O. The minimum Gasteiger partial charge on any atom is -0.340 e. The molecule has 0 spiro atoms. The van der Waals surface area contributed by atoms with Gasteiger partial charge >= 0.3 is 0 Å². The molecule has 0 saturated carbocycles. The number of piperidine rings is 1. The first-order valence-corrected chi connectivity index (χ1v) is 8.36. The van der Waals surface area contributed by atoms with Crippen molar-refractivity contribution >= 4 is 5.91 Å². The summed E-state index contributed by atoms with van der Waals surface area (Å²) in [5.41, 5.74) is 1.05. The number of carbonyl (C=O) groups is 1. The molecule has 3 heterocycles. The second-order valence-electron chi connectivity index (χ2n) is 6.63. The van der Waals surface area contributed by atoms with Crippen LogP contribution in [0.15, 0.2) is 25.0 Å². The predicted molar refractivity (Wildman–Crippen MR) is 88.9 cm³/mol. The third-order valence-corrected chi connectivity index (χ3v) is 4.48. The normalized spacial score (nSPS) is 18.7. The molecule has 1 amide bonds. The van der Waals surface area contributed by atoms with E-state index in [9.17, 15) is 4.79 Å². The molecule has 3 rings (SSSR count). The Bertz CT molecular complexity index is 651. The summed E-state index contributed by atoms with van der Waals surface area (Å²) in [6.07, 6.45) is 9.37. The Morgan fingerprint density at radius 3 is 3.00 bits per heavy atom. The van der Waals surface area contributed by atoms with Gasteiger partial charge in [-0.25, -0.2) is 4.98 Å². The number of aryl methyl sites for hydroxylation is 1. The average Bonchev–Trinajstić information content (AvgIpc) is 3.19. The van der Waals surface area contributed by atoms with E-state index in [4.69, 9.17) is 0 Å². The van der Waals surface area contributed by atoms with Gasteiger partial charge in [0.1, 0.15) is 12.7 Å². The lowest BCUT2D eigenvalue weighted by Gasteiger charge is -2.33. The average molecular weight is 331 g/mol. The second kappa shape index (κ2) is 7.57. The first-order chi connectivity index (χ1) is 11.6. The summed E-state index contributed by atoms with van der Waals surface area (Å²) >= 11 is 0. The Balaban J connectivity index is 1.48. The molecule has 1 atom stereocenters. The molecule has 0 bridgehead atoms. The minimum atomic E-state index is 0.153. The number of rotatable bonds is 6. The van der Waals surface area contributed by atoms with Crippen molar-refractivity contribution in [3.05, 3.63) is 30.6 Å². The molecule has 0 aliphatic carbocycles. The molecule has 2 aromatic rings. The van der Waals surface area contributed by atoms with Gasteiger partial charge in [-0.05, 0) is 25.3 Å². The van der Waals surface area contributed by atoms with Gasteiger partial charge in [-0.3, -0.25) is 19.1 Å². The number of hydrogen-bond acceptors (Lipinski definition) is 5. The highest BCUT2D eigenvalue weighted by Crippen LogP contribution is 2.18. The van der Waals surface area contributed by atoms with Crippen LogP contribution in [-0.4, -0.2) is 66.9 Å². The van der Waals surface area contributed by atoms with Gasteiger partial charge in [0.05, 0.1) is 12.7 Å². The Hall–Kier alpha value is -2.22. The second-order valence-corrected chi connectivity index (χ2v) is 6.63. The maximum absolute atomic E-state index is 12.5. The number of carbonyl (C=O) groups excluding carboxylic acids is 1. The first kappa shape index (κ1) is 16.6. The molecule has 0 radical (unpaired) electrons. The molecule has 8 nitrogen and oxygen atoms in total. The highest BCUT2D eigenvalue weighted by Gasteiger charge is 2.23. The number of hydrogen-bond donors (Lipinski definition) is 0. The SMILES string of the molecule is CN(Cc1cnn(C)c1)C(=O)CN1CCC[C@H](Cn2cncn2)C1. The van der Waals surface area contributed by atoms with Crippen molar-refractivity contribution in [1.29, 1.82) is 0 Å². The molecule has 8 heteroatoms. The quantitative estimate of drug-likeness (QED) is 0.765. The van der Waals surface area contributed by atoms with Gasteiger partial charge in [-0.15, -0.1) is 0 Å². The van der Waals surface area contributed by atoms with E-state index in [0.29, 0.717) is 19.0 Å². The van der Waals surface area contributed by atoms with Crippen LogP contribution < -0.4 is 0 Å². The van der Waals surface area contributed by atoms with Gasteiger partial charge in [0, 0.05) is 45.5 Å². The molecule has 1 saturated heterocycles. The molecule has 0 aromatic carbocycles. The van der Waals surface area contributed by atoms with Crippen molar-refractivity contribution in [1.82, 2.24) is 34.3 Å². The van der Waals surface area contributed by atoms with E-state index in [1.165, 1.54) is 6.42 Å². The minimum absolute atomic E-state index is 0.153. The van der Waals surface area contributed by atoms with Gasteiger partial charge in [0.2, 0.25) is 5.91 Å². The Morgan fingerprint density at radius 1 is 1.42 bits per heavy atom. The number of amides is 1. The van der Waals surface area contributed by atoms with Crippen molar-refractivity contribution in [2.45, 2.75) is 25.9 Å². The molecule has 0 N–H and O–H groups in total. The fourth-order valence-electron chi connectivity index (χ4n) is 3.26. The lowest BCUT2D eigenvalue weighted by Crippen LogP contribution is -2.43. The van der Waals surface area contributed by atoms with Crippen molar-refractivity contribution in [3.8, 4) is 0 Å². The van der Waals surface area contributed by atoms with Crippen LogP contribution in [0.4, 0.5) is 0 Å². The number of aromatic nitrogens is 5. The summed E-state index contributed by atoms with van der Waals surface area (Å²) in [7, 11) is 3.74. The Labute approximate surface area is 142 Å². The summed E-state index contributed by atoms with van der Waals surface area (Å²) in [4.78, 5) is 20.5. The fraction of sp³-hybridized carbons (Fsp3) is 0.625. The molecule has 24 heavy (non-hydrogen) atoms. The van der Waals surface area contributed by atoms with Crippen LogP contribution >= 0.6 is 0 Å². The molecule has 130 valence electrons. The summed E-state index contributed by atoms with van der Waals surface area (Å²) in [5.74, 6) is 0.678. The summed E-state index contributed by atoms with van der Waals surface area (Å²) < 4.78 is 3.64. The Kier molecular flexibility index (Phi) is 5.24. The third kappa shape index (κ3) is 4.41. The Morgan fingerprint density at radius 2 is 2.29 bits per heavy atom. The standard InChI is InChI=1S/C16H25N7O/c1-20(7-15-6-18-21(2)8-15)16(24)11-22-5-3-4-14(9-22)10-23-13-17-12-19-23/h6,8,12-14H,3-5,7,9-11H2,1-2H3/t14-/m0/s1. The van der Waals surface area contributed by atoms with Crippen LogP contribution in [0.1, 0.15) is 18.4 Å². The monoisotopic (exact) mass is 331 g/mol. The number of likely N-dealkylation sites (N-methyl/N-ethyl adjacent to an activating group) is 1. The van der Waals surface area contributed by atoms with Crippen molar-refractivity contribution in [3.63, 3.8) is 0 Å². The summed E-state index contributed by atoms with van der Waals surface area (Å²) in [6, 6.07) is 0. The van der Waals surface area contributed by atoms with Crippen LogP contribution in [0.2, 0.25) is 0 Å². The maximum atomic E-state index is 12.5. The van der Waals surface area contributed by atoms with Crippen LogP contribution in [0.25, 0.3) is 0 Å². The number of likely N-dealkylation sites (tertiary alicyclic amines) is 1. The zero-order chi connectivity index (χ0) is 16.9. The van der Waals surface area contributed by atoms with Crippen molar-refractivity contribution in [2.75, 3.05) is 26.7 Å². The predicted octanol–water partition coefficient (Wildman–Crippen LogP) is 0.382. The first-order valence-electron chi connectivity index (χ1n) is 8.36. The van der Waals surface area contributed by atoms with Crippen LogP contribution in [-0.2, 0) is 24.9 Å². The van der Waals surface area contributed by atoms with Crippen LogP contribution in [0.3, 0.4) is 0 Å². The van der Waals surface area contributed by atoms with Gasteiger partial charge in [0.15, 0.2) is 0 Å².